The van der Waals surface area contributed by atoms with E-state index in [0.717, 1.165) is 33.3 Å². The predicted octanol–water partition coefficient (Wildman–Crippen LogP) is 4.62. The molecular weight excluding hydrogens is 428 g/mol. The molecule has 1 fully saturated rings. The molecule has 1 aliphatic rings. The summed E-state index contributed by atoms with van der Waals surface area (Å²) in [7, 11) is 1.60. The SMILES string of the molecule is COc1ccc(-c2ccc3ncnc(-c4cccc(C(=O)N5CCOC(C)(C)C5)c4)c3c2)cn1. The van der Waals surface area contributed by atoms with Gasteiger partial charge < -0.3 is 14.4 Å². The fraction of sp³-hybridized carbons (Fsp3) is 0.259. The highest BCUT2D eigenvalue weighted by Crippen LogP contribution is 2.31. The number of methoxy groups -OCH3 is 1. The summed E-state index contributed by atoms with van der Waals surface area (Å²) in [6, 6.07) is 17.5. The Hall–Kier alpha value is -3.84. The van der Waals surface area contributed by atoms with E-state index >= 15 is 0 Å². The van der Waals surface area contributed by atoms with Crippen molar-refractivity contribution in [2.45, 2.75) is 19.4 Å². The number of nitrogens with zero attached hydrogens (tertiary/aromatic N) is 4. The maximum absolute atomic E-state index is 13.2. The maximum Gasteiger partial charge on any atom is 0.254 e. The summed E-state index contributed by atoms with van der Waals surface area (Å²) in [6.45, 7) is 5.70. The van der Waals surface area contributed by atoms with Crippen LogP contribution < -0.4 is 4.74 Å². The van der Waals surface area contributed by atoms with Crippen molar-refractivity contribution in [3.05, 3.63) is 72.7 Å². The van der Waals surface area contributed by atoms with Gasteiger partial charge in [0.15, 0.2) is 0 Å². The second-order valence-corrected chi connectivity index (χ2v) is 8.96. The lowest BCUT2D eigenvalue weighted by molar-refractivity contribution is -0.0764. The molecule has 2 aromatic carbocycles. The highest BCUT2D eigenvalue weighted by atomic mass is 16.5. The molecule has 0 aliphatic carbocycles. The van der Waals surface area contributed by atoms with Crippen LogP contribution in [0, 0.1) is 0 Å². The molecule has 1 aliphatic heterocycles. The largest absolute Gasteiger partial charge is 0.481 e. The van der Waals surface area contributed by atoms with Gasteiger partial charge in [0.1, 0.15) is 6.33 Å². The molecule has 4 aromatic rings. The summed E-state index contributed by atoms with van der Waals surface area (Å²) in [5.41, 5.74) is 4.75. The number of benzene rings is 2. The average molecular weight is 455 g/mol. The van der Waals surface area contributed by atoms with Crippen LogP contribution in [0.2, 0.25) is 0 Å². The Kier molecular flexibility index (Phi) is 5.71. The van der Waals surface area contributed by atoms with Crippen LogP contribution in [0.25, 0.3) is 33.3 Å². The van der Waals surface area contributed by atoms with Crippen LogP contribution in [-0.4, -0.2) is 58.2 Å². The normalized spacial score (nSPS) is 15.3. The zero-order chi connectivity index (χ0) is 23.7. The molecule has 3 heterocycles. The van der Waals surface area contributed by atoms with Crippen molar-refractivity contribution in [3.63, 3.8) is 0 Å². The average Bonchev–Trinajstić information content (AvgIpc) is 2.87. The van der Waals surface area contributed by atoms with E-state index in [1.165, 1.54) is 0 Å². The van der Waals surface area contributed by atoms with E-state index < -0.39 is 0 Å². The number of carbonyl (C=O) groups excluding carboxylic acids is 1. The predicted molar refractivity (Wildman–Crippen MR) is 131 cm³/mol. The molecule has 34 heavy (non-hydrogen) atoms. The zero-order valence-electron chi connectivity index (χ0n) is 19.5. The highest BCUT2D eigenvalue weighted by Gasteiger charge is 2.30. The number of fused-ring (bicyclic) bond motifs is 1. The molecule has 0 N–H and O–H groups in total. The van der Waals surface area contributed by atoms with Crippen LogP contribution in [0.5, 0.6) is 5.88 Å². The monoisotopic (exact) mass is 454 g/mol. The first-order valence-electron chi connectivity index (χ1n) is 11.2. The molecule has 7 nitrogen and oxygen atoms in total. The van der Waals surface area contributed by atoms with Gasteiger partial charge in [-0.3, -0.25) is 4.79 Å². The number of hydrogen-bond donors (Lipinski definition) is 0. The third-order valence-electron chi connectivity index (χ3n) is 6.01. The fourth-order valence-electron chi connectivity index (χ4n) is 4.31. The van der Waals surface area contributed by atoms with Gasteiger partial charge in [0, 0.05) is 47.4 Å². The number of rotatable bonds is 4. The van der Waals surface area contributed by atoms with Crippen LogP contribution in [0.15, 0.2) is 67.1 Å². The van der Waals surface area contributed by atoms with Gasteiger partial charge in [-0.1, -0.05) is 18.2 Å². The summed E-state index contributed by atoms with van der Waals surface area (Å²) in [4.78, 5) is 28.4. The van der Waals surface area contributed by atoms with Crippen LogP contribution in [0.1, 0.15) is 24.2 Å². The molecule has 5 rings (SSSR count). The smallest absolute Gasteiger partial charge is 0.254 e. The lowest BCUT2D eigenvalue weighted by Crippen LogP contribution is -2.50. The van der Waals surface area contributed by atoms with Gasteiger partial charge in [0.2, 0.25) is 5.88 Å². The Labute approximate surface area is 198 Å². The maximum atomic E-state index is 13.2. The topological polar surface area (TPSA) is 77.4 Å². The molecular formula is C27H26N4O3. The quantitative estimate of drug-likeness (QED) is 0.448. The minimum Gasteiger partial charge on any atom is -0.481 e. The van der Waals surface area contributed by atoms with Gasteiger partial charge in [-0.15, -0.1) is 0 Å². The van der Waals surface area contributed by atoms with Gasteiger partial charge in [0.05, 0.1) is 30.5 Å². The first kappa shape index (κ1) is 22.0. The standard InChI is InChI=1S/C27H26N4O3/c1-27(2)16-31(11-12-34-27)26(32)20-6-4-5-19(13-20)25-22-14-18(7-9-23(22)29-17-30-25)21-8-10-24(33-3)28-15-21/h4-10,13-15,17H,11-12,16H2,1-3H3. The Morgan fingerprint density at radius 1 is 1.00 bits per heavy atom. The molecule has 1 saturated heterocycles. The van der Waals surface area contributed by atoms with E-state index in [2.05, 4.69) is 21.0 Å². The molecule has 0 unspecified atom stereocenters. The van der Waals surface area contributed by atoms with Crippen molar-refractivity contribution in [2.24, 2.45) is 0 Å². The molecule has 2 aromatic heterocycles. The second kappa shape index (κ2) is 8.83. The zero-order valence-corrected chi connectivity index (χ0v) is 19.5. The first-order valence-corrected chi connectivity index (χ1v) is 11.2. The summed E-state index contributed by atoms with van der Waals surface area (Å²) >= 11 is 0. The van der Waals surface area contributed by atoms with E-state index in [-0.39, 0.29) is 11.5 Å². The fourth-order valence-corrected chi connectivity index (χ4v) is 4.31. The number of ether oxygens (including phenoxy) is 2. The number of amides is 1. The summed E-state index contributed by atoms with van der Waals surface area (Å²) in [6.07, 6.45) is 3.35. The van der Waals surface area contributed by atoms with Gasteiger partial charge in [-0.2, -0.15) is 0 Å². The van der Waals surface area contributed by atoms with Crippen LogP contribution >= 0.6 is 0 Å². The van der Waals surface area contributed by atoms with Crippen molar-refractivity contribution < 1.29 is 14.3 Å². The van der Waals surface area contributed by atoms with Crippen molar-refractivity contribution in [1.29, 1.82) is 0 Å². The van der Waals surface area contributed by atoms with E-state index in [4.69, 9.17) is 9.47 Å². The number of hydrogen-bond acceptors (Lipinski definition) is 6. The van der Waals surface area contributed by atoms with E-state index in [0.29, 0.717) is 31.1 Å². The number of pyridine rings is 1. The van der Waals surface area contributed by atoms with Crippen LogP contribution in [0.4, 0.5) is 0 Å². The molecule has 1 amide bonds. The summed E-state index contributed by atoms with van der Waals surface area (Å²) in [5.74, 6) is 0.570. The molecule has 0 bridgehead atoms. The number of aromatic nitrogens is 3. The molecule has 172 valence electrons. The first-order chi connectivity index (χ1) is 16.4. The van der Waals surface area contributed by atoms with Gasteiger partial charge in [-0.05, 0) is 49.7 Å². The minimum atomic E-state index is -0.346. The van der Waals surface area contributed by atoms with Crippen molar-refractivity contribution in [3.8, 4) is 28.3 Å². The summed E-state index contributed by atoms with van der Waals surface area (Å²) < 4.78 is 10.9. The van der Waals surface area contributed by atoms with Crippen molar-refractivity contribution >= 4 is 16.8 Å². The molecule has 7 heteroatoms. The van der Waals surface area contributed by atoms with E-state index in [9.17, 15) is 4.79 Å². The molecule has 0 saturated carbocycles. The van der Waals surface area contributed by atoms with Crippen LogP contribution in [-0.2, 0) is 4.74 Å². The summed E-state index contributed by atoms with van der Waals surface area (Å²) in [5, 5.41) is 0.910. The Morgan fingerprint density at radius 3 is 2.62 bits per heavy atom. The Balaban J connectivity index is 1.52. The molecule has 0 spiro atoms. The highest BCUT2D eigenvalue weighted by molar-refractivity contribution is 5.98. The van der Waals surface area contributed by atoms with Gasteiger partial charge >= 0.3 is 0 Å². The van der Waals surface area contributed by atoms with Crippen molar-refractivity contribution in [2.75, 3.05) is 26.8 Å². The second-order valence-electron chi connectivity index (χ2n) is 8.96. The van der Waals surface area contributed by atoms with Crippen molar-refractivity contribution in [1.82, 2.24) is 19.9 Å². The van der Waals surface area contributed by atoms with Gasteiger partial charge in [0.25, 0.3) is 5.91 Å². The minimum absolute atomic E-state index is 0.00147. The van der Waals surface area contributed by atoms with E-state index in [1.54, 1.807) is 19.6 Å². The van der Waals surface area contributed by atoms with Gasteiger partial charge in [-0.25, -0.2) is 15.0 Å². The number of morpholine rings is 1. The number of carbonyl (C=O) groups is 1. The van der Waals surface area contributed by atoms with Crippen LogP contribution in [0.3, 0.4) is 0 Å². The Morgan fingerprint density at radius 2 is 1.85 bits per heavy atom. The lowest BCUT2D eigenvalue weighted by atomic mass is 9.99. The molecule has 0 atom stereocenters. The lowest BCUT2D eigenvalue weighted by Gasteiger charge is -2.38. The third kappa shape index (κ3) is 4.34. The van der Waals surface area contributed by atoms with E-state index in [1.807, 2.05) is 67.3 Å². The Bertz CT molecular complexity index is 1350. The third-order valence-corrected chi connectivity index (χ3v) is 6.01. The molecule has 0 radical (unpaired) electrons.